The first-order valence-electron chi connectivity index (χ1n) is 7.70. The molecule has 5 nitrogen and oxygen atoms in total. The van der Waals surface area contributed by atoms with Gasteiger partial charge in [-0.3, -0.25) is 4.79 Å². The summed E-state index contributed by atoms with van der Waals surface area (Å²) < 4.78 is 18.0. The highest BCUT2D eigenvalue weighted by Gasteiger charge is 2.22. The van der Waals surface area contributed by atoms with Crippen molar-refractivity contribution in [2.75, 3.05) is 13.2 Å². The summed E-state index contributed by atoms with van der Waals surface area (Å²) in [5.74, 6) is 1.88. The van der Waals surface area contributed by atoms with E-state index >= 15 is 0 Å². The van der Waals surface area contributed by atoms with E-state index < -0.39 is 6.10 Å². The molecule has 126 valence electrons. The van der Waals surface area contributed by atoms with E-state index in [0.29, 0.717) is 24.7 Å². The van der Waals surface area contributed by atoms with Gasteiger partial charge in [-0.25, -0.2) is 0 Å². The summed E-state index contributed by atoms with van der Waals surface area (Å²) >= 11 is 3.36. The molecule has 1 aliphatic rings. The van der Waals surface area contributed by atoms with E-state index in [1.54, 1.807) is 6.92 Å². The molecule has 1 heterocycles. The number of fused-ring (bicyclic) bond motifs is 1. The van der Waals surface area contributed by atoms with Gasteiger partial charge in [0.25, 0.3) is 5.91 Å². The van der Waals surface area contributed by atoms with Gasteiger partial charge in [-0.15, -0.1) is 0 Å². The summed E-state index contributed by atoms with van der Waals surface area (Å²) in [6, 6.07) is 14.8. The van der Waals surface area contributed by atoms with Crippen LogP contribution in [0.4, 0.5) is 0 Å². The van der Waals surface area contributed by atoms with Crippen molar-refractivity contribution in [3.8, 4) is 17.2 Å². The predicted molar refractivity (Wildman–Crippen MR) is 93.6 cm³/mol. The molecular formula is C18H18BrNO4. The lowest BCUT2D eigenvalue weighted by molar-refractivity contribution is -0.127. The lowest BCUT2D eigenvalue weighted by Crippen LogP contribution is -2.44. The molecule has 6 heteroatoms. The third-order valence-electron chi connectivity index (χ3n) is 3.57. The molecule has 3 rings (SSSR count). The van der Waals surface area contributed by atoms with Crippen molar-refractivity contribution in [2.24, 2.45) is 0 Å². The van der Waals surface area contributed by atoms with Crippen molar-refractivity contribution in [2.45, 2.75) is 19.1 Å². The molecule has 2 aromatic carbocycles. The van der Waals surface area contributed by atoms with Gasteiger partial charge in [0.2, 0.25) is 0 Å². The van der Waals surface area contributed by atoms with Crippen molar-refractivity contribution in [3.63, 3.8) is 0 Å². The van der Waals surface area contributed by atoms with Gasteiger partial charge in [0.05, 0.1) is 6.54 Å². The highest BCUT2D eigenvalue weighted by molar-refractivity contribution is 9.10. The van der Waals surface area contributed by atoms with Crippen LogP contribution < -0.4 is 19.5 Å². The Morgan fingerprint density at radius 2 is 1.96 bits per heavy atom. The molecule has 0 aromatic heterocycles. The van der Waals surface area contributed by atoms with E-state index in [4.69, 9.17) is 14.2 Å². The molecule has 0 spiro atoms. The molecule has 0 aliphatic carbocycles. The number of halogens is 1. The van der Waals surface area contributed by atoms with E-state index in [1.807, 2.05) is 48.5 Å². The highest BCUT2D eigenvalue weighted by Crippen LogP contribution is 2.30. The molecular weight excluding hydrogens is 374 g/mol. The first-order chi connectivity index (χ1) is 11.6. The molecule has 2 unspecified atom stereocenters. The Morgan fingerprint density at radius 1 is 1.25 bits per heavy atom. The average molecular weight is 392 g/mol. The van der Waals surface area contributed by atoms with Crippen molar-refractivity contribution in [1.82, 2.24) is 5.32 Å². The van der Waals surface area contributed by atoms with Gasteiger partial charge in [-0.2, -0.15) is 0 Å². The minimum absolute atomic E-state index is 0.194. The van der Waals surface area contributed by atoms with Crippen LogP contribution in [-0.2, 0) is 4.79 Å². The van der Waals surface area contributed by atoms with Crippen molar-refractivity contribution < 1.29 is 19.0 Å². The third kappa shape index (κ3) is 4.20. The summed E-state index contributed by atoms with van der Waals surface area (Å²) in [4.78, 5) is 12.2. The standard InChI is InChI=1S/C18H18BrNO4/c1-12(23-14-8-6-13(19)7-9-14)18(21)20-10-15-11-22-16-4-2-3-5-17(16)24-15/h2-9,12,15H,10-11H2,1H3,(H,20,21). The Kier molecular flexibility index (Phi) is 5.25. The fourth-order valence-corrected chi connectivity index (χ4v) is 2.56. The minimum Gasteiger partial charge on any atom is -0.486 e. The molecule has 24 heavy (non-hydrogen) atoms. The monoisotopic (exact) mass is 391 g/mol. The summed E-state index contributed by atoms with van der Waals surface area (Å²) in [7, 11) is 0. The number of carbonyl (C=O) groups is 1. The number of carbonyl (C=O) groups excluding carboxylic acids is 1. The number of hydrogen-bond donors (Lipinski definition) is 1. The molecule has 1 N–H and O–H groups in total. The highest BCUT2D eigenvalue weighted by atomic mass is 79.9. The molecule has 1 amide bonds. The molecule has 0 fully saturated rings. The van der Waals surface area contributed by atoms with Crippen LogP contribution in [0.3, 0.4) is 0 Å². The molecule has 2 aromatic rings. The predicted octanol–water partition coefficient (Wildman–Crippen LogP) is 3.17. The lowest BCUT2D eigenvalue weighted by atomic mass is 10.2. The summed E-state index contributed by atoms with van der Waals surface area (Å²) in [6.07, 6.45) is -0.813. The largest absolute Gasteiger partial charge is 0.486 e. The number of hydrogen-bond acceptors (Lipinski definition) is 4. The normalized spacial score (nSPS) is 17.0. The first kappa shape index (κ1) is 16.6. The number of nitrogens with one attached hydrogen (secondary N) is 1. The first-order valence-corrected chi connectivity index (χ1v) is 8.49. The smallest absolute Gasteiger partial charge is 0.260 e. The minimum atomic E-state index is -0.594. The van der Waals surface area contributed by atoms with E-state index in [0.717, 1.165) is 10.2 Å². The van der Waals surface area contributed by atoms with E-state index in [-0.39, 0.29) is 12.0 Å². The summed E-state index contributed by atoms with van der Waals surface area (Å²) in [5, 5.41) is 2.84. The molecule has 0 bridgehead atoms. The van der Waals surface area contributed by atoms with Crippen LogP contribution in [0.2, 0.25) is 0 Å². The zero-order valence-electron chi connectivity index (χ0n) is 13.2. The Morgan fingerprint density at radius 3 is 2.71 bits per heavy atom. The second-order valence-electron chi connectivity index (χ2n) is 5.46. The number of rotatable bonds is 5. The Hall–Kier alpha value is -2.21. The molecule has 1 aliphatic heterocycles. The number of benzene rings is 2. The van der Waals surface area contributed by atoms with Gasteiger partial charge < -0.3 is 19.5 Å². The van der Waals surface area contributed by atoms with E-state index in [9.17, 15) is 4.79 Å². The van der Waals surface area contributed by atoms with Gasteiger partial charge in [0.15, 0.2) is 17.6 Å². The summed E-state index contributed by atoms with van der Waals surface area (Å²) in [6.45, 7) is 2.48. The molecule has 0 saturated carbocycles. The molecule has 0 radical (unpaired) electrons. The second kappa shape index (κ2) is 7.57. The van der Waals surface area contributed by atoms with Crippen LogP contribution in [0.5, 0.6) is 17.2 Å². The van der Waals surface area contributed by atoms with Crippen LogP contribution >= 0.6 is 15.9 Å². The topological polar surface area (TPSA) is 56.8 Å². The Balaban J connectivity index is 1.48. The van der Waals surface area contributed by atoms with Crippen molar-refractivity contribution in [3.05, 3.63) is 53.0 Å². The van der Waals surface area contributed by atoms with Gasteiger partial charge in [0.1, 0.15) is 18.5 Å². The maximum Gasteiger partial charge on any atom is 0.260 e. The second-order valence-corrected chi connectivity index (χ2v) is 6.37. The van der Waals surface area contributed by atoms with Gasteiger partial charge in [-0.05, 0) is 43.3 Å². The number of amides is 1. The lowest BCUT2D eigenvalue weighted by Gasteiger charge is -2.27. The number of ether oxygens (including phenoxy) is 3. The third-order valence-corrected chi connectivity index (χ3v) is 4.10. The van der Waals surface area contributed by atoms with Gasteiger partial charge in [-0.1, -0.05) is 28.1 Å². The average Bonchev–Trinajstić information content (AvgIpc) is 2.61. The maximum absolute atomic E-state index is 12.2. The van der Waals surface area contributed by atoms with Crippen LogP contribution in [-0.4, -0.2) is 31.3 Å². The zero-order chi connectivity index (χ0) is 16.9. The van der Waals surface area contributed by atoms with Crippen LogP contribution in [0.1, 0.15) is 6.92 Å². The van der Waals surface area contributed by atoms with Crippen LogP contribution in [0.15, 0.2) is 53.0 Å². The van der Waals surface area contributed by atoms with Gasteiger partial charge in [0, 0.05) is 4.47 Å². The fraction of sp³-hybridized carbons (Fsp3) is 0.278. The zero-order valence-corrected chi connectivity index (χ0v) is 14.8. The quantitative estimate of drug-likeness (QED) is 0.850. The van der Waals surface area contributed by atoms with Gasteiger partial charge >= 0.3 is 0 Å². The molecule has 0 saturated heterocycles. The van der Waals surface area contributed by atoms with Crippen molar-refractivity contribution in [1.29, 1.82) is 0 Å². The Labute approximate surface area is 149 Å². The number of para-hydroxylation sites is 2. The van der Waals surface area contributed by atoms with Crippen molar-refractivity contribution >= 4 is 21.8 Å². The summed E-state index contributed by atoms with van der Waals surface area (Å²) in [5.41, 5.74) is 0. The van der Waals surface area contributed by atoms with E-state index in [1.165, 1.54) is 0 Å². The van der Waals surface area contributed by atoms with Crippen LogP contribution in [0, 0.1) is 0 Å². The molecule has 2 atom stereocenters. The van der Waals surface area contributed by atoms with Crippen LogP contribution in [0.25, 0.3) is 0 Å². The van der Waals surface area contributed by atoms with E-state index in [2.05, 4.69) is 21.2 Å². The SMILES string of the molecule is CC(Oc1ccc(Br)cc1)C(=O)NCC1COc2ccccc2O1. The Bertz CT molecular complexity index is 704. The maximum atomic E-state index is 12.2. The fourth-order valence-electron chi connectivity index (χ4n) is 2.29.